The maximum absolute atomic E-state index is 11.4. The number of aliphatic imine (C=N–C) groups is 1. The molecular formula is C17H22N4O2S. The minimum absolute atomic E-state index is 0.330. The number of hydrogen-bond acceptors (Lipinski definition) is 5. The average molecular weight is 346 g/mol. The van der Waals surface area contributed by atoms with Crippen LogP contribution < -0.4 is 5.32 Å². The summed E-state index contributed by atoms with van der Waals surface area (Å²) in [6.07, 6.45) is 0. The van der Waals surface area contributed by atoms with Crippen LogP contribution in [0.5, 0.6) is 0 Å². The molecule has 0 atom stereocenters. The van der Waals surface area contributed by atoms with Crippen molar-refractivity contribution in [1.29, 1.82) is 0 Å². The van der Waals surface area contributed by atoms with Gasteiger partial charge in [0.1, 0.15) is 0 Å². The normalized spacial score (nSPS) is 11.2. The Morgan fingerprint density at radius 3 is 2.62 bits per heavy atom. The monoisotopic (exact) mass is 346 g/mol. The summed E-state index contributed by atoms with van der Waals surface area (Å²) < 4.78 is 4.70. The quantitative estimate of drug-likeness (QED) is 0.512. The van der Waals surface area contributed by atoms with Gasteiger partial charge in [0.2, 0.25) is 0 Å². The number of carbonyl (C=O) groups excluding carboxylic acids is 1. The topological polar surface area (TPSA) is 66.8 Å². The number of carbonyl (C=O) groups is 1. The van der Waals surface area contributed by atoms with Crippen molar-refractivity contribution < 1.29 is 9.53 Å². The zero-order chi connectivity index (χ0) is 17.5. The molecule has 0 aliphatic rings. The van der Waals surface area contributed by atoms with Crippen molar-refractivity contribution >= 4 is 23.3 Å². The Kier molecular flexibility index (Phi) is 6.31. The van der Waals surface area contributed by atoms with Crippen molar-refractivity contribution in [2.24, 2.45) is 4.99 Å². The number of aryl methyl sites for hydroxylation is 1. The van der Waals surface area contributed by atoms with Gasteiger partial charge in [0.05, 0.1) is 29.9 Å². The zero-order valence-electron chi connectivity index (χ0n) is 14.4. The Morgan fingerprint density at radius 1 is 1.38 bits per heavy atom. The van der Waals surface area contributed by atoms with E-state index in [1.54, 1.807) is 30.5 Å². The fourth-order valence-corrected chi connectivity index (χ4v) is 2.84. The molecule has 24 heavy (non-hydrogen) atoms. The molecule has 0 unspecified atom stereocenters. The molecular weight excluding hydrogens is 324 g/mol. The summed E-state index contributed by atoms with van der Waals surface area (Å²) in [5, 5.41) is 6.43. The number of guanidine groups is 1. The minimum Gasteiger partial charge on any atom is -0.465 e. The van der Waals surface area contributed by atoms with E-state index in [9.17, 15) is 4.79 Å². The lowest BCUT2D eigenvalue weighted by Gasteiger charge is -2.21. The first-order valence-electron chi connectivity index (χ1n) is 7.53. The molecule has 1 heterocycles. The van der Waals surface area contributed by atoms with E-state index >= 15 is 0 Å². The molecule has 0 saturated carbocycles. The van der Waals surface area contributed by atoms with Crippen LogP contribution in [-0.2, 0) is 17.8 Å². The summed E-state index contributed by atoms with van der Waals surface area (Å²) in [4.78, 5) is 22.2. The van der Waals surface area contributed by atoms with Gasteiger partial charge < -0.3 is 15.0 Å². The maximum atomic E-state index is 11.4. The highest BCUT2D eigenvalue weighted by Crippen LogP contribution is 2.10. The number of esters is 1. The van der Waals surface area contributed by atoms with Crippen LogP contribution >= 0.6 is 11.3 Å². The molecule has 1 N–H and O–H groups in total. The number of aromatic nitrogens is 1. The van der Waals surface area contributed by atoms with Crippen LogP contribution in [0.4, 0.5) is 0 Å². The molecule has 1 aromatic heterocycles. The molecule has 0 bridgehead atoms. The number of hydrogen-bond donors (Lipinski definition) is 1. The summed E-state index contributed by atoms with van der Waals surface area (Å²) in [5.74, 6) is 0.460. The van der Waals surface area contributed by atoms with E-state index < -0.39 is 0 Å². The summed E-state index contributed by atoms with van der Waals surface area (Å²) >= 11 is 1.65. The third kappa shape index (κ3) is 4.79. The van der Waals surface area contributed by atoms with E-state index in [1.165, 1.54) is 7.11 Å². The molecule has 0 radical (unpaired) electrons. The molecule has 128 valence electrons. The number of nitrogens with zero attached hydrogens (tertiary/aromatic N) is 3. The molecule has 2 aromatic rings. The Balaban J connectivity index is 1.92. The van der Waals surface area contributed by atoms with Crippen molar-refractivity contribution in [2.45, 2.75) is 20.0 Å². The predicted molar refractivity (Wildman–Crippen MR) is 96.3 cm³/mol. The van der Waals surface area contributed by atoms with Gasteiger partial charge in [-0.1, -0.05) is 12.1 Å². The summed E-state index contributed by atoms with van der Waals surface area (Å²) in [6.45, 7) is 3.32. The number of methoxy groups -OCH3 is 1. The molecule has 0 spiro atoms. The molecule has 1 aromatic carbocycles. The van der Waals surface area contributed by atoms with Crippen LogP contribution in [0, 0.1) is 6.92 Å². The van der Waals surface area contributed by atoms with Gasteiger partial charge in [-0.05, 0) is 24.6 Å². The van der Waals surface area contributed by atoms with Gasteiger partial charge in [0, 0.05) is 26.0 Å². The van der Waals surface area contributed by atoms with Crippen LogP contribution in [-0.4, -0.2) is 43.0 Å². The van der Waals surface area contributed by atoms with E-state index in [-0.39, 0.29) is 5.97 Å². The summed E-state index contributed by atoms with van der Waals surface area (Å²) in [6, 6.07) is 7.31. The smallest absolute Gasteiger partial charge is 0.337 e. The van der Waals surface area contributed by atoms with Gasteiger partial charge in [-0.25, -0.2) is 9.78 Å². The first-order valence-corrected chi connectivity index (χ1v) is 8.41. The molecule has 0 amide bonds. The maximum Gasteiger partial charge on any atom is 0.337 e. The van der Waals surface area contributed by atoms with Crippen LogP contribution in [0.2, 0.25) is 0 Å². The van der Waals surface area contributed by atoms with Gasteiger partial charge in [-0.3, -0.25) is 4.99 Å². The van der Waals surface area contributed by atoms with E-state index in [0.717, 1.165) is 22.2 Å². The number of ether oxygens (including phenoxy) is 1. The predicted octanol–water partition coefficient (Wildman–Crippen LogP) is 2.45. The lowest BCUT2D eigenvalue weighted by molar-refractivity contribution is 0.0600. The van der Waals surface area contributed by atoms with Crippen molar-refractivity contribution in [3.63, 3.8) is 0 Å². The second-order valence-corrected chi connectivity index (χ2v) is 6.37. The van der Waals surface area contributed by atoms with Gasteiger partial charge in [0.15, 0.2) is 5.96 Å². The number of rotatable bonds is 5. The van der Waals surface area contributed by atoms with Crippen LogP contribution in [0.1, 0.15) is 26.6 Å². The zero-order valence-corrected chi connectivity index (χ0v) is 15.2. The standard InChI is InChI=1S/C17H22N4O2S/c1-12-20-15(11-24-12)10-21(3)17(18-2)19-9-13-5-7-14(8-6-13)16(22)23-4/h5-8,11H,9-10H2,1-4H3,(H,18,19). The fourth-order valence-electron chi connectivity index (χ4n) is 2.24. The number of nitrogens with one attached hydrogen (secondary N) is 1. The average Bonchev–Trinajstić information content (AvgIpc) is 3.00. The van der Waals surface area contributed by atoms with Crippen LogP contribution in [0.15, 0.2) is 34.6 Å². The summed E-state index contributed by atoms with van der Waals surface area (Å²) in [5.41, 5.74) is 2.63. The van der Waals surface area contributed by atoms with Crippen LogP contribution in [0.3, 0.4) is 0 Å². The highest BCUT2D eigenvalue weighted by molar-refractivity contribution is 7.09. The third-order valence-corrected chi connectivity index (χ3v) is 4.29. The Bertz CT molecular complexity index is 710. The van der Waals surface area contributed by atoms with Crippen molar-refractivity contribution in [2.75, 3.05) is 21.2 Å². The van der Waals surface area contributed by atoms with E-state index in [2.05, 4.69) is 20.7 Å². The van der Waals surface area contributed by atoms with E-state index in [0.29, 0.717) is 18.7 Å². The second kappa shape index (κ2) is 8.44. The second-order valence-electron chi connectivity index (χ2n) is 5.30. The third-order valence-electron chi connectivity index (χ3n) is 3.46. The largest absolute Gasteiger partial charge is 0.465 e. The molecule has 2 rings (SSSR count). The SMILES string of the molecule is CN=C(NCc1ccc(C(=O)OC)cc1)N(C)Cc1csc(C)n1. The van der Waals surface area contributed by atoms with Gasteiger partial charge in [-0.2, -0.15) is 0 Å². The van der Waals surface area contributed by atoms with Crippen molar-refractivity contribution in [3.8, 4) is 0 Å². The molecule has 0 fully saturated rings. The van der Waals surface area contributed by atoms with Crippen LogP contribution in [0.25, 0.3) is 0 Å². The Labute approximate surface area is 146 Å². The highest BCUT2D eigenvalue weighted by atomic mass is 32.1. The number of benzene rings is 1. The van der Waals surface area contributed by atoms with E-state index in [4.69, 9.17) is 4.74 Å². The lowest BCUT2D eigenvalue weighted by atomic mass is 10.1. The Morgan fingerprint density at radius 2 is 2.08 bits per heavy atom. The first kappa shape index (κ1) is 17.9. The fraction of sp³-hybridized carbons (Fsp3) is 0.353. The molecule has 0 aliphatic carbocycles. The van der Waals surface area contributed by atoms with Gasteiger partial charge >= 0.3 is 5.97 Å². The molecule has 0 saturated heterocycles. The molecule has 6 nitrogen and oxygen atoms in total. The van der Waals surface area contributed by atoms with Crippen molar-refractivity contribution in [1.82, 2.24) is 15.2 Å². The molecule has 7 heteroatoms. The molecule has 0 aliphatic heterocycles. The highest BCUT2D eigenvalue weighted by Gasteiger charge is 2.09. The number of thiazole rings is 1. The van der Waals surface area contributed by atoms with Gasteiger partial charge in [0.25, 0.3) is 0 Å². The summed E-state index contributed by atoms with van der Waals surface area (Å²) in [7, 11) is 5.11. The minimum atomic E-state index is -0.330. The van der Waals surface area contributed by atoms with Crippen molar-refractivity contribution in [3.05, 3.63) is 51.5 Å². The van der Waals surface area contributed by atoms with Gasteiger partial charge in [-0.15, -0.1) is 11.3 Å². The van der Waals surface area contributed by atoms with E-state index in [1.807, 2.05) is 31.0 Å². The first-order chi connectivity index (χ1) is 11.5. The Hall–Kier alpha value is -2.41. The lowest BCUT2D eigenvalue weighted by Crippen LogP contribution is -2.38.